The van der Waals surface area contributed by atoms with Gasteiger partial charge in [-0.15, -0.1) is 0 Å². The Morgan fingerprint density at radius 1 is 1.09 bits per heavy atom. The molecule has 0 amide bonds. The summed E-state index contributed by atoms with van der Waals surface area (Å²) < 4.78 is 52.5. The molecule has 0 N–H and O–H groups in total. The van der Waals surface area contributed by atoms with Crippen LogP contribution in [0.25, 0.3) is 10.9 Å². The van der Waals surface area contributed by atoms with Crippen molar-refractivity contribution in [3.05, 3.63) is 76.1 Å². The van der Waals surface area contributed by atoms with Gasteiger partial charge in [0.05, 0.1) is 29.3 Å². The van der Waals surface area contributed by atoms with Crippen LogP contribution in [0.15, 0.2) is 53.6 Å². The van der Waals surface area contributed by atoms with Gasteiger partial charge in [0.15, 0.2) is 0 Å². The van der Waals surface area contributed by atoms with Crippen molar-refractivity contribution in [2.24, 2.45) is 0 Å². The summed E-state index contributed by atoms with van der Waals surface area (Å²) in [4.78, 5) is 16.3. The number of rotatable bonds is 2. The third-order valence-corrected chi connectivity index (χ3v) is 3.39. The van der Waals surface area contributed by atoms with Gasteiger partial charge in [-0.05, 0) is 29.8 Å². The first-order chi connectivity index (χ1) is 10.8. The topological polar surface area (TPSA) is 34.9 Å². The Labute approximate surface area is 127 Å². The van der Waals surface area contributed by atoms with Crippen molar-refractivity contribution in [2.75, 3.05) is 0 Å². The molecule has 23 heavy (non-hydrogen) atoms. The molecule has 0 fully saturated rings. The van der Waals surface area contributed by atoms with E-state index in [1.807, 2.05) is 0 Å². The van der Waals surface area contributed by atoms with Crippen LogP contribution in [0.4, 0.5) is 17.6 Å². The highest BCUT2D eigenvalue weighted by molar-refractivity contribution is 5.77. The van der Waals surface area contributed by atoms with E-state index >= 15 is 0 Å². The van der Waals surface area contributed by atoms with Crippen LogP contribution >= 0.6 is 0 Å². The van der Waals surface area contributed by atoms with E-state index in [9.17, 15) is 22.4 Å². The smallest absolute Gasteiger partial charge is 0.294 e. The Balaban J connectivity index is 2.01. The van der Waals surface area contributed by atoms with Gasteiger partial charge in [0.25, 0.3) is 5.56 Å². The summed E-state index contributed by atoms with van der Waals surface area (Å²) in [5, 5.41) is 0.209. The molecule has 0 saturated heterocycles. The highest BCUT2D eigenvalue weighted by Gasteiger charge is 2.30. The van der Waals surface area contributed by atoms with Gasteiger partial charge < -0.3 is 0 Å². The van der Waals surface area contributed by atoms with Gasteiger partial charge in [-0.3, -0.25) is 9.36 Å². The lowest BCUT2D eigenvalue weighted by atomic mass is 10.1. The molecule has 0 bridgehead atoms. The lowest BCUT2D eigenvalue weighted by molar-refractivity contribution is -0.137. The second kappa shape index (κ2) is 5.49. The minimum absolute atomic E-state index is 0.0525. The second-order valence-electron chi connectivity index (χ2n) is 5.04. The van der Waals surface area contributed by atoms with Gasteiger partial charge in [-0.1, -0.05) is 12.1 Å². The zero-order valence-corrected chi connectivity index (χ0v) is 11.6. The molecule has 3 aromatic rings. The number of benzene rings is 2. The lowest BCUT2D eigenvalue weighted by Crippen LogP contribution is -2.21. The fourth-order valence-electron chi connectivity index (χ4n) is 2.29. The molecule has 0 aliphatic carbocycles. The molecular weight excluding hydrogens is 312 g/mol. The summed E-state index contributed by atoms with van der Waals surface area (Å²) in [6, 6.07) is 8.31. The zero-order chi connectivity index (χ0) is 16.6. The van der Waals surface area contributed by atoms with Gasteiger partial charge in [-0.25, -0.2) is 9.37 Å². The van der Waals surface area contributed by atoms with E-state index in [1.165, 1.54) is 29.1 Å². The molecule has 3 nitrogen and oxygen atoms in total. The normalized spacial score (nSPS) is 11.8. The van der Waals surface area contributed by atoms with Crippen molar-refractivity contribution in [3.63, 3.8) is 0 Å². The Hall–Kier alpha value is -2.70. The maximum absolute atomic E-state index is 13.1. The third kappa shape index (κ3) is 3.08. The van der Waals surface area contributed by atoms with Crippen molar-refractivity contribution in [1.82, 2.24) is 9.55 Å². The minimum Gasteiger partial charge on any atom is -0.294 e. The molecule has 0 aliphatic heterocycles. The summed E-state index contributed by atoms with van der Waals surface area (Å²) >= 11 is 0. The van der Waals surface area contributed by atoms with Crippen molar-refractivity contribution in [1.29, 1.82) is 0 Å². The first kappa shape index (κ1) is 15.2. The Bertz CT molecular complexity index is 931. The molecule has 0 saturated carbocycles. The number of nitrogens with zero attached hydrogens (tertiary/aromatic N) is 2. The second-order valence-corrected chi connectivity index (χ2v) is 5.04. The molecule has 3 rings (SSSR count). The highest BCUT2D eigenvalue weighted by atomic mass is 19.4. The minimum atomic E-state index is -4.44. The van der Waals surface area contributed by atoms with E-state index in [2.05, 4.69) is 4.98 Å². The molecule has 118 valence electrons. The lowest BCUT2D eigenvalue weighted by Gasteiger charge is -2.10. The van der Waals surface area contributed by atoms with Gasteiger partial charge in [-0.2, -0.15) is 13.2 Å². The summed E-state index contributed by atoms with van der Waals surface area (Å²) in [5.74, 6) is -0.514. The van der Waals surface area contributed by atoms with Crippen LogP contribution in [-0.4, -0.2) is 9.55 Å². The summed E-state index contributed by atoms with van der Waals surface area (Å²) in [6.07, 6.45) is -3.25. The predicted octanol–water partition coefficient (Wildman–Crippen LogP) is 3.60. The van der Waals surface area contributed by atoms with Crippen LogP contribution < -0.4 is 5.56 Å². The van der Waals surface area contributed by atoms with Crippen LogP contribution in [0.2, 0.25) is 0 Å². The van der Waals surface area contributed by atoms with Gasteiger partial charge in [0, 0.05) is 6.07 Å². The molecule has 0 atom stereocenters. The first-order valence-electron chi connectivity index (χ1n) is 6.65. The molecule has 0 aliphatic rings. The molecule has 0 spiro atoms. The fraction of sp³-hybridized carbons (Fsp3) is 0.125. The van der Waals surface area contributed by atoms with Gasteiger partial charge in [0.2, 0.25) is 0 Å². The number of halogens is 4. The Morgan fingerprint density at radius 2 is 1.87 bits per heavy atom. The average molecular weight is 322 g/mol. The van der Waals surface area contributed by atoms with Crippen LogP contribution in [0.3, 0.4) is 0 Å². The van der Waals surface area contributed by atoms with E-state index in [-0.39, 0.29) is 17.4 Å². The van der Waals surface area contributed by atoms with Crippen LogP contribution in [-0.2, 0) is 12.7 Å². The largest absolute Gasteiger partial charge is 0.416 e. The van der Waals surface area contributed by atoms with Crippen LogP contribution in [0, 0.1) is 5.82 Å². The summed E-state index contributed by atoms with van der Waals surface area (Å²) in [6.45, 7) is -0.0525. The Kier molecular flexibility index (Phi) is 3.63. The standard InChI is InChI=1S/C16H10F4N2O/c17-12-4-5-13-14(7-12)21-9-22(15(13)23)8-10-2-1-3-11(6-10)16(18,19)20/h1-7,9H,8H2. The quantitative estimate of drug-likeness (QED) is 0.676. The van der Waals surface area contributed by atoms with Gasteiger partial charge >= 0.3 is 6.18 Å². The highest BCUT2D eigenvalue weighted by Crippen LogP contribution is 2.29. The monoisotopic (exact) mass is 322 g/mol. The van der Waals surface area contributed by atoms with Crippen LogP contribution in [0.5, 0.6) is 0 Å². The molecule has 2 aromatic carbocycles. The SMILES string of the molecule is O=c1c2ccc(F)cc2ncn1Cc1cccc(C(F)(F)F)c1. The van der Waals surface area contributed by atoms with E-state index < -0.39 is 23.1 Å². The first-order valence-corrected chi connectivity index (χ1v) is 6.65. The maximum Gasteiger partial charge on any atom is 0.416 e. The Morgan fingerprint density at radius 3 is 2.61 bits per heavy atom. The van der Waals surface area contributed by atoms with E-state index in [0.717, 1.165) is 24.3 Å². The number of alkyl halides is 3. The molecule has 0 radical (unpaired) electrons. The molecule has 7 heteroatoms. The van der Waals surface area contributed by atoms with Crippen molar-refractivity contribution >= 4 is 10.9 Å². The van der Waals surface area contributed by atoms with E-state index in [1.54, 1.807) is 0 Å². The van der Waals surface area contributed by atoms with Crippen molar-refractivity contribution < 1.29 is 17.6 Å². The number of aromatic nitrogens is 2. The summed E-state index contributed by atoms with van der Waals surface area (Å²) in [5.41, 5.74) is -0.688. The van der Waals surface area contributed by atoms with Gasteiger partial charge in [0.1, 0.15) is 5.82 Å². The molecule has 1 heterocycles. The zero-order valence-electron chi connectivity index (χ0n) is 11.6. The average Bonchev–Trinajstić information content (AvgIpc) is 2.49. The fourth-order valence-corrected chi connectivity index (χ4v) is 2.29. The van der Waals surface area contributed by atoms with Crippen molar-refractivity contribution in [3.8, 4) is 0 Å². The number of fused-ring (bicyclic) bond motifs is 1. The third-order valence-electron chi connectivity index (χ3n) is 3.39. The van der Waals surface area contributed by atoms with E-state index in [0.29, 0.717) is 5.56 Å². The predicted molar refractivity (Wildman–Crippen MR) is 76.5 cm³/mol. The maximum atomic E-state index is 13.1. The molecular formula is C16H10F4N2O. The van der Waals surface area contributed by atoms with Crippen LogP contribution in [0.1, 0.15) is 11.1 Å². The molecule has 0 unspecified atom stereocenters. The number of hydrogen-bond donors (Lipinski definition) is 0. The number of hydrogen-bond acceptors (Lipinski definition) is 2. The van der Waals surface area contributed by atoms with Crippen molar-refractivity contribution in [2.45, 2.75) is 12.7 Å². The molecule has 1 aromatic heterocycles. The summed E-state index contributed by atoms with van der Waals surface area (Å²) in [7, 11) is 0. The van der Waals surface area contributed by atoms with E-state index in [4.69, 9.17) is 0 Å².